The molecule has 0 unspecified atom stereocenters. The number of carbonyl (C=O) groups excluding carboxylic acids is 2. The number of carboxylic acid groups (broad SMARTS) is 1. The quantitative estimate of drug-likeness (QED) is 0.364. The third kappa shape index (κ3) is 5.36. The fourth-order valence-corrected chi connectivity index (χ4v) is 6.81. The second-order valence-electron chi connectivity index (χ2n) is 12.4. The van der Waals surface area contributed by atoms with E-state index in [1.54, 1.807) is 18.9 Å². The molecule has 0 radical (unpaired) electrons. The van der Waals surface area contributed by atoms with Gasteiger partial charge in [-0.05, 0) is 42.4 Å². The molecule has 2 fully saturated rings. The van der Waals surface area contributed by atoms with E-state index in [9.17, 15) is 19.5 Å². The number of carboxylic acids is 1. The molecular weight excluding hydrogens is 552 g/mol. The van der Waals surface area contributed by atoms with Gasteiger partial charge in [-0.15, -0.1) is 0 Å². The SMILES string of the molecule is CC(C)[C@@](C)(C(=O)O)N(C)C(=O)N1CCCN(C(=O)[C@@H]2CCN2C(c2ccccc2)(c2ccccc2)c2ccccc2)CC1. The van der Waals surface area contributed by atoms with Crippen LogP contribution in [0.3, 0.4) is 0 Å². The Bertz CT molecular complexity index is 1350. The Morgan fingerprint density at radius 3 is 1.61 bits per heavy atom. The van der Waals surface area contributed by atoms with Gasteiger partial charge in [0, 0.05) is 39.8 Å². The van der Waals surface area contributed by atoms with Gasteiger partial charge >= 0.3 is 12.0 Å². The van der Waals surface area contributed by atoms with Gasteiger partial charge in [0.1, 0.15) is 5.54 Å². The van der Waals surface area contributed by atoms with Gasteiger partial charge in [0.2, 0.25) is 5.91 Å². The first-order chi connectivity index (χ1) is 21.1. The van der Waals surface area contributed by atoms with Gasteiger partial charge in [-0.2, -0.15) is 0 Å². The summed E-state index contributed by atoms with van der Waals surface area (Å²) in [4.78, 5) is 47.3. The number of hydrogen-bond donors (Lipinski definition) is 1. The van der Waals surface area contributed by atoms with Gasteiger partial charge in [0.05, 0.1) is 11.6 Å². The summed E-state index contributed by atoms with van der Waals surface area (Å²) in [7, 11) is 1.56. The molecule has 0 aliphatic carbocycles. The Morgan fingerprint density at radius 2 is 1.20 bits per heavy atom. The monoisotopic (exact) mass is 596 g/mol. The number of carbonyl (C=O) groups is 3. The standard InChI is InChI=1S/C36H44N4O4/c1-27(2)35(3,33(42)43)37(4)34(44)39-23-14-22-38(25-26-39)32(41)31-21-24-40(31)36(28-15-8-5-9-16-28,29-17-10-6-11-18-29)30-19-12-7-13-20-30/h5-13,15-20,27,31H,14,21-26H2,1-4H3,(H,42,43)/t31-,35-/m0/s1. The molecule has 8 nitrogen and oxygen atoms in total. The van der Waals surface area contributed by atoms with Crippen LogP contribution in [0.1, 0.15) is 50.3 Å². The van der Waals surface area contributed by atoms with E-state index >= 15 is 0 Å². The lowest BCUT2D eigenvalue weighted by atomic mass is 9.72. The summed E-state index contributed by atoms with van der Waals surface area (Å²) in [5, 5.41) is 9.95. The maximum Gasteiger partial charge on any atom is 0.329 e. The van der Waals surface area contributed by atoms with Gasteiger partial charge in [-0.25, -0.2) is 9.59 Å². The van der Waals surface area contributed by atoms with Crippen molar-refractivity contribution in [2.45, 2.75) is 50.7 Å². The predicted octanol–water partition coefficient (Wildman–Crippen LogP) is 5.14. The van der Waals surface area contributed by atoms with Crippen LogP contribution in [0.15, 0.2) is 91.0 Å². The van der Waals surface area contributed by atoms with Crippen molar-refractivity contribution in [2.24, 2.45) is 5.92 Å². The average molecular weight is 597 g/mol. The molecule has 1 N–H and O–H groups in total. The van der Waals surface area contributed by atoms with Crippen LogP contribution in [0.2, 0.25) is 0 Å². The van der Waals surface area contributed by atoms with E-state index in [0.717, 1.165) is 29.7 Å². The van der Waals surface area contributed by atoms with Crippen LogP contribution in [-0.4, -0.2) is 94.0 Å². The Kier molecular flexibility index (Phi) is 9.11. The van der Waals surface area contributed by atoms with Gasteiger partial charge in [0.15, 0.2) is 0 Å². The number of nitrogens with zero attached hydrogens (tertiary/aromatic N) is 4. The molecular formula is C36H44N4O4. The number of urea groups is 1. The lowest BCUT2D eigenvalue weighted by Crippen LogP contribution is -2.65. The first-order valence-electron chi connectivity index (χ1n) is 15.6. The molecule has 0 spiro atoms. The Balaban J connectivity index is 1.42. The van der Waals surface area contributed by atoms with Crippen LogP contribution >= 0.6 is 0 Å². The molecule has 0 aromatic heterocycles. The predicted molar refractivity (Wildman–Crippen MR) is 171 cm³/mol. The second-order valence-corrected chi connectivity index (χ2v) is 12.4. The highest BCUT2D eigenvalue weighted by Crippen LogP contribution is 2.47. The number of rotatable bonds is 8. The molecule has 3 amide bonds. The van der Waals surface area contributed by atoms with Crippen LogP contribution in [-0.2, 0) is 15.1 Å². The maximum absolute atomic E-state index is 14.3. The lowest BCUT2D eigenvalue weighted by molar-refractivity contribution is -0.151. The highest BCUT2D eigenvalue weighted by molar-refractivity contribution is 5.86. The summed E-state index contributed by atoms with van der Waals surface area (Å²) in [6, 6.07) is 30.6. The highest BCUT2D eigenvalue weighted by atomic mass is 16.4. The molecule has 44 heavy (non-hydrogen) atoms. The van der Waals surface area contributed by atoms with E-state index in [0.29, 0.717) is 32.6 Å². The number of benzene rings is 3. The van der Waals surface area contributed by atoms with E-state index in [-0.39, 0.29) is 23.9 Å². The molecule has 8 heteroatoms. The van der Waals surface area contributed by atoms with Crippen molar-refractivity contribution in [1.82, 2.24) is 19.6 Å². The van der Waals surface area contributed by atoms with Crippen molar-refractivity contribution in [3.05, 3.63) is 108 Å². The number of likely N-dealkylation sites (N-methyl/N-ethyl adjacent to an activating group) is 1. The number of amides is 3. The summed E-state index contributed by atoms with van der Waals surface area (Å²) in [6.45, 7) is 7.76. The molecule has 2 saturated heterocycles. The van der Waals surface area contributed by atoms with Crippen LogP contribution in [0, 0.1) is 5.92 Å². The maximum atomic E-state index is 14.3. The zero-order chi connectivity index (χ0) is 31.5. The van der Waals surface area contributed by atoms with Crippen molar-refractivity contribution in [2.75, 3.05) is 39.8 Å². The molecule has 2 heterocycles. The van der Waals surface area contributed by atoms with Crippen molar-refractivity contribution >= 4 is 17.9 Å². The zero-order valence-electron chi connectivity index (χ0n) is 26.2. The molecule has 3 aromatic rings. The van der Waals surface area contributed by atoms with E-state index in [1.165, 1.54) is 4.90 Å². The summed E-state index contributed by atoms with van der Waals surface area (Å²) in [5.74, 6) is -1.23. The normalized spacial score (nSPS) is 19.1. The second kappa shape index (κ2) is 12.8. The van der Waals surface area contributed by atoms with Crippen LogP contribution in [0.5, 0.6) is 0 Å². The molecule has 5 rings (SSSR count). The van der Waals surface area contributed by atoms with Crippen LogP contribution in [0.25, 0.3) is 0 Å². The van der Waals surface area contributed by atoms with Crippen molar-refractivity contribution in [3.63, 3.8) is 0 Å². The summed E-state index contributed by atoms with van der Waals surface area (Å²) >= 11 is 0. The van der Waals surface area contributed by atoms with E-state index < -0.39 is 17.0 Å². The van der Waals surface area contributed by atoms with Gasteiger partial charge in [-0.1, -0.05) is 105 Å². The molecule has 232 valence electrons. The fraction of sp³-hybridized carbons (Fsp3) is 0.417. The first kappa shape index (κ1) is 31.3. The van der Waals surface area contributed by atoms with E-state index in [1.807, 2.05) is 36.9 Å². The minimum Gasteiger partial charge on any atom is -0.479 e. The van der Waals surface area contributed by atoms with E-state index in [4.69, 9.17) is 0 Å². The minimum absolute atomic E-state index is 0.0728. The van der Waals surface area contributed by atoms with Gasteiger partial charge in [-0.3, -0.25) is 9.69 Å². The number of likely N-dealkylation sites (tertiary alicyclic amines) is 1. The molecule has 2 aliphatic rings. The smallest absolute Gasteiger partial charge is 0.329 e. The Hall–Kier alpha value is -4.17. The molecule has 0 bridgehead atoms. The van der Waals surface area contributed by atoms with E-state index in [2.05, 4.69) is 77.7 Å². The summed E-state index contributed by atoms with van der Waals surface area (Å²) in [6.07, 6.45) is 1.38. The highest BCUT2D eigenvalue weighted by Gasteiger charge is 2.52. The summed E-state index contributed by atoms with van der Waals surface area (Å²) in [5.41, 5.74) is 1.34. The first-order valence-corrected chi connectivity index (χ1v) is 15.6. The third-order valence-electron chi connectivity index (χ3n) is 9.93. The van der Waals surface area contributed by atoms with Crippen molar-refractivity contribution in [1.29, 1.82) is 0 Å². The third-order valence-corrected chi connectivity index (χ3v) is 9.93. The van der Waals surface area contributed by atoms with Gasteiger partial charge < -0.3 is 19.8 Å². The molecule has 2 aliphatic heterocycles. The summed E-state index contributed by atoms with van der Waals surface area (Å²) < 4.78 is 0. The Morgan fingerprint density at radius 1 is 0.750 bits per heavy atom. The topological polar surface area (TPSA) is 84.4 Å². The molecule has 3 aromatic carbocycles. The number of hydrogen-bond acceptors (Lipinski definition) is 4. The van der Waals surface area contributed by atoms with Crippen molar-refractivity contribution in [3.8, 4) is 0 Å². The number of aliphatic carboxylic acids is 1. The van der Waals surface area contributed by atoms with Crippen LogP contribution in [0.4, 0.5) is 4.79 Å². The van der Waals surface area contributed by atoms with Crippen LogP contribution < -0.4 is 0 Å². The fourth-order valence-electron chi connectivity index (χ4n) is 6.81. The molecule has 2 atom stereocenters. The van der Waals surface area contributed by atoms with Gasteiger partial charge in [0.25, 0.3) is 0 Å². The lowest BCUT2D eigenvalue weighted by Gasteiger charge is -2.54. The average Bonchev–Trinajstić information content (AvgIpc) is 3.29. The minimum atomic E-state index is -1.33. The Labute approximate surface area is 260 Å². The largest absolute Gasteiger partial charge is 0.479 e. The van der Waals surface area contributed by atoms with Crippen molar-refractivity contribution < 1.29 is 19.5 Å². The zero-order valence-corrected chi connectivity index (χ0v) is 26.2. The molecule has 0 saturated carbocycles.